The fraction of sp³-hybridized carbons (Fsp3) is 0.889. The molecular formula is C9H14F3NO. The number of nitrogens with zero attached hydrogens (tertiary/aromatic N) is 1. The van der Waals surface area contributed by atoms with Crippen molar-refractivity contribution >= 4 is 5.91 Å². The number of hydrogen-bond acceptors (Lipinski definition) is 1. The summed E-state index contributed by atoms with van der Waals surface area (Å²) in [6.45, 7) is 1.10. The second kappa shape index (κ2) is 4.19. The molecule has 1 aliphatic heterocycles. The van der Waals surface area contributed by atoms with Gasteiger partial charge >= 0.3 is 6.18 Å². The van der Waals surface area contributed by atoms with Crippen LogP contribution < -0.4 is 0 Å². The largest absolute Gasteiger partial charge is 0.406 e. The van der Waals surface area contributed by atoms with Crippen molar-refractivity contribution in [1.82, 2.24) is 4.90 Å². The number of piperidine rings is 1. The maximum atomic E-state index is 12.1. The molecule has 5 heteroatoms. The molecule has 1 heterocycles. The smallest absolute Gasteiger partial charge is 0.333 e. The third kappa shape index (κ3) is 3.20. The Morgan fingerprint density at radius 3 is 2.64 bits per heavy atom. The van der Waals surface area contributed by atoms with Crippen molar-refractivity contribution < 1.29 is 18.0 Å². The molecule has 1 unspecified atom stereocenters. The minimum Gasteiger partial charge on any atom is -0.333 e. The predicted molar refractivity (Wildman–Crippen MR) is 45.7 cm³/mol. The number of halogens is 3. The minimum absolute atomic E-state index is 0.232. The van der Waals surface area contributed by atoms with Gasteiger partial charge in [-0.3, -0.25) is 4.79 Å². The standard InChI is InChI=1S/C9H14F3NO/c1-2-7-3-4-8(14)13(5-7)6-9(10,11)12/h7H,2-6H2,1H3. The molecule has 0 aromatic carbocycles. The quantitative estimate of drug-likeness (QED) is 0.682. The Morgan fingerprint density at radius 1 is 1.50 bits per heavy atom. The summed E-state index contributed by atoms with van der Waals surface area (Å²) >= 11 is 0. The van der Waals surface area contributed by atoms with Crippen molar-refractivity contribution in [3.63, 3.8) is 0 Å². The van der Waals surface area contributed by atoms with Crippen LogP contribution in [0.4, 0.5) is 13.2 Å². The molecule has 1 aliphatic rings. The summed E-state index contributed by atoms with van der Waals surface area (Å²) in [7, 11) is 0. The average molecular weight is 209 g/mol. The first-order valence-electron chi connectivity index (χ1n) is 4.77. The van der Waals surface area contributed by atoms with E-state index in [4.69, 9.17) is 0 Å². The van der Waals surface area contributed by atoms with Gasteiger partial charge in [-0.25, -0.2) is 0 Å². The first kappa shape index (κ1) is 11.3. The van der Waals surface area contributed by atoms with Crippen LogP contribution in [0, 0.1) is 5.92 Å². The molecule has 0 aromatic heterocycles. The van der Waals surface area contributed by atoms with Gasteiger partial charge in [-0.1, -0.05) is 13.3 Å². The third-order valence-electron chi connectivity index (χ3n) is 2.55. The summed E-state index contributed by atoms with van der Waals surface area (Å²) < 4.78 is 36.2. The summed E-state index contributed by atoms with van der Waals surface area (Å²) in [4.78, 5) is 12.1. The molecule has 0 saturated carbocycles. The van der Waals surface area contributed by atoms with Gasteiger partial charge in [0.1, 0.15) is 6.54 Å². The first-order chi connectivity index (χ1) is 6.42. The van der Waals surface area contributed by atoms with E-state index in [1.54, 1.807) is 0 Å². The number of alkyl halides is 3. The third-order valence-corrected chi connectivity index (χ3v) is 2.55. The molecule has 1 rings (SSSR count). The van der Waals surface area contributed by atoms with Crippen molar-refractivity contribution in [2.75, 3.05) is 13.1 Å². The maximum absolute atomic E-state index is 12.1. The van der Waals surface area contributed by atoms with Gasteiger partial charge in [-0.2, -0.15) is 13.2 Å². The lowest BCUT2D eigenvalue weighted by molar-refractivity contribution is -0.165. The lowest BCUT2D eigenvalue weighted by Gasteiger charge is -2.32. The monoisotopic (exact) mass is 209 g/mol. The van der Waals surface area contributed by atoms with E-state index in [1.807, 2.05) is 6.92 Å². The highest BCUT2D eigenvalue weighted by Crippen LogP contribution is 2.24. The van der Waals surface area contributed by atoms with Gasteiger partial charge < -0.3 is 4.90 Å². The highest BCUT2D eigenvalue weighted by Gasteiger charge is 2.35. The molecule has 0 aliphatic carbocycles. The van der Waals surface area contributed by atoms with Crippen LogP contribution in [0.1, 0.15) is 26.2 Å². The van der Waals surface area contributed by atoms with Crippen LogP contribution in [0.5, 0.6) is 0 Å². The highest BCUT2D eigenvalue weighted by atomic mass is 19.4. The molecule has 1 amide bonds. The van der Waals surface area contributed by atoms with E-state index in [1.165, 1.54) is 0 Å². The topological polar surface area (TPSA) is 20.3 Å². The molecule has 0 bridgehead atoms. The van der Waals surface area contributed by atoms with Gasteiger partial charge in [0.2, 0.25) is 5.91 Å². The number of hydrogen-bond donors (Lipinski definition) is 0. The van der Waals surface area contributed by atoms with Crippen LogP contribution in [-0.4, -0.2) is 30.1 Å². The van der Waals surface area contributed by atoms with Gasteiger partial charge in [0.05, 0.1) is 0 Å². The van der Waals surface area contributed by atoms with E-state index in [0.717, 1.165) is 17.7 Å². The number of rotatable bonds is 2. The average Bonchev–Trinajstić information content (AvgIpc) is 2.06. The van der Waals surface area contributed by atoms with Crippen molar-refractivity contribution in [1.29, 1.82) is 0 Å². The number of carbonyl (C=O) groups excluding carboxylic acids is 1. The van der Waals surface area contributed by atoms with Gasteiger partial charge in [-0.05, 0) is 12.3 Å². The molecule has 1 atom stereocenters. The van der Waals surface area contributed by atoms with Crippen LogP contribution in [-0.2, 0) is 4.79 Å². The van der Waals surface area contributed by atoms with E-state index in [9.17, 15) is 18.0 Å². The normalized spacial score (nSPS) is 24.1. The molecule has 1 saturated heterocycles. The van der Waals surface area contributed by atoms with E-state index in [-0.39, 0.29) is 24.8 Å². The van der Waals surface area contributed by atoms with E-state index < -0.39 is 12.7 Å². The van der Waals surface area contributed by atoms with Crippen molar-refractivity contribution in [3.05, 3.63) is 0 Å². The predicted octanol–water partition coefficient (Wildman–Crippen LogP) is 2.20. The van der Waals surface area contributed by atoms with Crippen molar-refractivity contribution in [3.8, 4) is 0 Å². The van der Waals surface area contributed by atoms with Crippen LogP contribution in [0.2, 0.25) is 0 Å². The summed E-state index contributed by atoms with van der Waals surface area (Å²) in [6.07, 6.45) is -2.45. The second-order valence-electron chi connectivity index (χ2n) is 3.70. The van der Waals surface area contributed by atoms with Crippen LogP contribution in [0.25, 0.3) is 0 Å². The Bertz CT molecular complexity index is 215. The fourth-order valence-corrected chi connectivity index (χ4v) is 1.69. The Morgan fingerprint density at radius 2 is 2.14 bits per heavy atom. The van der Waals surface area contributed by atoms with Gasteiger partial charge in [0, 0.05) is 13.0 Å². The highest BCUT2D eigenvalue weighted by molar-refractivity contribution is 5.77. The Balaban J connectivity index is 2.53. The molecule has 2 nitrogen and oxygen atoms in total. The first-order valence-corrected chi connectivity index (χ1v) is 4.77. The van der Waals surface area contributed by atoms with E-state index in [0.29, 0.717) is 0 Å². The molecule has 0 N–H and O–H groups in total. The Hall–Kier alpha value is -0.740. The summed E-state index contributed by atoms with van der Waals surface area (Å²) in [6, 6.07) is 0. The van der Waals surface area contributed by atoms with Crippen molar-refractivity contribution in [2.24, 2.45) is 5.92 Å². The van der Waals surface area contributed by atoms with Crippen molar-refractivity contribution in [2.45, 2.75) is 32.4 Å². The van der Waals surface area contributed by atoms with E-state index >= 15 is 0 Å². The zero-order valence-corrected chi connectivity index (χ0v) is 8.10. The summed E-state index contributed by atoms with van der Waals surface area (Å²) in [5.74, 6) is -0.137. The Labute approximate surface area is 81.1 Å². The fourth-order valence-electron chi connectivity index (χ4n) is 1.69. The SMILES string of the molecule is CCC1CCC(=O)N(CC(F)(F)F)C1. The summed E-state index contributed by atoms with van der Waals surface area (Å²) in [5, 5.41) is 0. The zero-order valence-electron chi connectivity index (χ0n) is 8.10. The molecular weight excluding hydrogens is 195 g/mol. The van der Waals surface area contributed by atoms with Crippen LogP contribution in [0.15, 0.2) is 0 Å². The zero-order chi connectivity index (χ0) is 10.8. The van der Waals surface area contributed by atoms with Gasteiger partial charge in [0.15, 0.2) is 0 Å². The van der Waals surface area contributed by atoms with Gasteiger partial charge in [-0.15, -0.1) is 0 Å². The molecule has 14 heavy (non-hydrogen) atoms. The van der Waals surface area contributed by atoms with E-state index in [2.05, 4.69) is 0 Å². The van der Waals surface area contributed by atoms with Gasteiger partial charge in [0.25, 0.3) is 0 Å². The Kier molecular flexibility index (Phi) is 3.39. The number of carbonyl (C=O) groups is 1. The number of amides is 1. The lowest BCUT2D eigenvalue weighted by atomic mass is 9.95. The van der Waals surface area contributed by atoms with Crippen LogP contribution in [0.3, 0.4) is 0 Å². The minimum atomic E-state index is -4.27. The lowest BCUT2D eigenvalue weighted by Crippen LogP contribution is -2.44. The molecule has 0 spiro atoms. The number of likely N-dealkylation sites (tertiary alicyclic amines) is 1. The molecule has 1 fully saturated rings. The molecule has 0 aromatic rings. The maximum Gasteiger partial charge on any atom is 0.406 e. The second-order valence-corrected chi connectivity index (χ2v) is 3.70. The molecule has 0 radical (unpaired) electrons. The van der Waals surface area contributed by atoms with Crippen LogP contribution >= 0.6 is 0 Å². The molecule has 82 valence electrons. The summed E-state index contributed by atoms with van der Waals surface area (Å²) in [5.41, 5.74) is 0.